The Labute approximate surface area is 99.6 Å². The largest absolute Gasteiger partial charge is 0.355 e. The van der Waals surface area contributed by atoms with Gasteiger partial charge in [0.05, 0.1) is 6.04 Å². The first kappa shape index (κ1) is 13.5. The minimum atomic E-state index is 0.135. The van der Waals surface area contributed by atoms with Crippen LogP contribution in [0, 0.1) is 0 Å². The molecular weight excluding hydrogens is 200 g/mol. The zero-order chi connectivity index (χ0) is 11.8. The van der Waals surface area contributed by atoms with Crippen molar-refractivity contribution < 1.29 is 4.79 Å². The van der Waals surface area contributed by atoms with E-state index in [-0.39, 0.29) is 11.9 Å². The van der Waals surface area contributed by atoms with Gasteiger partial charge in [-0.3, -0.25) is 9.69 Å². The molecule has 1 N–H and O–H groups in total. The van der Waals surface area contributed by atoms with Crippen molar-refractivity contribution in [3.63, 3.8) is 0 Å². The molecule has 3 nitrogen and oxygen atoms in total. The highest BCUT2D eigenvalue weighted by Gasteiger charge is 2.26. The molecule has 3 heteroatoms. The van der Waals surface area contributed by atoms with Gasteiger partial charge >= 0.3 is 0 Å². The molecular formula is C13H26N2O. The van der Waals surface area contributed by atoms with Crippen LogP contribution in [0.2, 0.25) is 0 Å². The molecule has 1 fully saturated rings. The summed E-state index contributed by atoms with van der Waals surface area (Å²) in [6.45, 7) is 4.14. The van der Waals surface area contributed by atoms with Crippen LogP contribution in [0.4, 0.5) is 0 Å². The topological polar surface area (TPSA) is 32.3 Å². The van der Waals surface area contributed by atoms with Gasteiger partial charge in [-0.2, -0.15) is 0 Å². The molecule has 0 radical (unpaired) electrons. The first-order valence-corrected chi connectivity index (χ1v) is 6.73. The summed E-state index contributed by atoms with van der Waals surface area (Å²) in [4.78, 5) is 14.0. The third-order valence-electron chi connectivity index (χ3n) is 3.40. The quantitative estimate of drug-likeness (QED) is 0.675. The van der Waals surface area contributed by atoms with Gasteiger partial charge in [-0.15, -0.1) is 0 Å². The Kier molecular flexibility index (Phi) is 6.46. The molecule has 1 atom stereocenters. The molecule has 1 heterocycles. The number of rotatable bonds is 7. The summed E-state index contributed by atoms with van der Waals surface area (Å²) >= 11 is 0. The predicted molar refractivity (Wildman–Crippen MR) is 67.4 cm³/mol. The summed E-state index contributed by atoms with van der Waals surface area (Å²) in [6.07, 6.45) is 8.45. The summed E-state index contributed by atoms with van der Waals surface area (Å²) < 4.78 is 0. The van der Waals surface area contributed by atoms with Gasteiger partial charge in [0.1, 0.15) is 0 Å². The summed E-state index contributed by atoms with van der Waals surface area (Å²) in [5.41, 5.74) is 0. The molecule has 94 valence electrons. The average Bonchev–Trinajstić information content (AvgIpc) is 2.69. The lowest BCUT2D eigenvalue weighted by Crippen LogP contribution is -2.41. The SMILES string of the molecule is CCCCCCCNC(=O)C1CCCN1C. The number of likely N-dealkylation sites (tertiary alicyclic amines) is 1. The molecule has 0 saturated carbocycles. The molecule has 0 aromatic carbocycles. The molecule has 1 rings (SSSR count). The number of nitrogens with one attached hydrogen (secondary N) is 1. The monoisotopic (exact) mass is 226 g/mol. The molecule has 0 aromatic rings. The maximum Gasteiger partial charge on any atom is 0.237 e. The first-order chi connectivity index (χ1) is 7.75. The Bertz CT molecular complexity index is 206. The van der Waals surface area contributed by atoms with Crippen molar-refractivity contribution >= 4 is 5.91 Å². The summed E-state index contributed by atoms with van der Waals surface area (Å²) in [5, 5.41) is 3.05. The van der Waals surface area contributed by atoms with E-state index in [0.717, 1.165) is 32.4 Å². The minimum absolute atomic E-state index is 0.135. The van der Waals surface area contributed by atoms with Gasteiger partial charge in [0, 0.05) is 6.54 Å². The third-order valence-corrected chi connectivity index (χ3v) is 3.40. The van der Waals surface area contributed by atoms with Crippen LogP contribution in [0.25, 0.3) is 0 Å². The smallest absolute Gasteiger partial charge is 0.237 e. The molecule has 0 spiro atoms. The van der Waals surface area contributed by atoms with Crippen LogP contribution < -0.4 is 5.32 Å². The maximum absolute atomic E-state index is 11.8. The standard InChI is InChI=1S/C13H26N2O/c1-3-4-5-6-7-10-14-13(16)12-9-8-11-15(12)2/h12H,3-11H2,1-2H3,(H,14,16). The van der Waals surface area contributed by atoms with Crippen LogP contribution in [-0.4, -0.2) is 37.0 Å². The molecule has 1 aliphatic heterocycles. The zero-order valence-electron chi connectivity index (χ0n) is 10.8. The molecule has 0 aliphatic carbocycles. The fourth-order valence-corrected chi connectivity index (χ4v) is 2.30. The van der Waals surface area contributed by atoms with Crippen molar-refractivity contribution in [3.05, 3.63) is 0 Å². The fourth-order valence-electron chi connectivity index (χ4n) is 2.30. The van der Waals surface area contributed by atoms with E-state index in [2.05, 4.69) is 17.1 Å². The van der Waals surface area contributed by atoms with E-state index in [9.17, 15) is 4.79 Å². The van der Waals surface area contributed by atoms with Crippen LogP contribution in [-0.2, 0) is 4.79 Å². The lowest BCUT2D eigenvalue weighted by molar-refractivity contribution is -0.125. The van der Waals surface area contributed by atoms with Crippen LogP contribution in [0.15, 0.2) is 0 Å². The number of hydrogen-bond donors (Lipinski definition) is 1. The van der Waals surface area contributed by atoms with Crippen molar-refractivity contribution in [3.8, 4) is 0 Å². The number of amides is 1. The summed E-state index contributed by atoms with van der Waals surface area (Å²) in [6, 6.07) is 0.135. The van der Waals surface area contributed by atoms with Crippen LogP contribution in [0.3, 0.4) is 0 Å². The molecule has 0 bridgehead atoms. The molecule has 1 amide bonds. The van der Waals surface area contributed by atoms with E-state index in [0.29, 0.717) is 0 Å². The highest BCUT2D eigenvalue weighted by Crippen LogP contribution is 2.14. The van der Waals surface area contributed by atoms with Crippen LogP contribution in [0.5, 0.6) is 0 Å². The zero-order valence-corrected chi connectivity index (χ0v) is 10.8. The number of hydrogen-bond acceptors (Lipinski definition) is 2. The second-order valence-electron chi connectivity index (χ2n) is 4.84. The lowest BCUT2D eigenvalue weighted by Gasteiger charge is -2.18. The van der Waals surface area contributed by atoms with Crippen molar-refractivity contribution in [1.82, 2.24) is 10.2 Å². The van der Waals surface area contributed by atoms with E-state index in [1.54, 1.807) is 0 Å². The predicted octanol–water partition coefficient (Wildman–Crippen LogP) is 2.17. The lowest BCUT2D eigenvalue weighted by atomic mass is 10.1. The average molecular weight is 226 g/mol. The second kappa shape index (κ2) is 7.66. The Morgan fingerprint density at radius 3 is 2.69 bits per heavy atom. The van der Waals surface area contributed by atoms with Gasteiger partial charge in [-0.25, -0.2) is 0 Å². The van der Waals surface area contributed by atoms with Crippen molar-refractivity contribution in [2.75, 3.05) is 20.1 Å². The number of carbonyl (C=O) groups is 1. The van der Waals surface area contributed by atoms with Crippen LogP contribution in [0.1, 0.15) is 51.9 Å². The summed E-state index contributed by atoms with van der Waals surface area (Å²) in [5.74, 6) is 0.232. The molecule has 1 saturated heterocycles. The third kappa shape index (κ3) is 4.52. The molecule has 0 aromatic heterocycles. The van der Waals surface area contributed by atoms with Gasteiger partial charge in [0.25, 0.3) is 0 Å². The van der Waals surface area contributed by atoms with E-state index in [4.69, 9.17) is 0 Å². The summed E-state index contributed by atoms with van der Waals surface area (Å²) in [7, 11) is 2.04. The first-order valence-electron chi connectivity index (χ1n) is 6.73. The number of likely N-dealkylation sites (N-methyl/N-ethyl adjacent to an activating group) is 1. The van der Waals surface area contributed by atoms with Crippen LogP contribution >= 0.6 is 0 Å². The number of unbranched alkanes of at least 4 members (excludes halogenated alkanes) is 4. The van der Waals surface area contributed by atoms with E-state index in [1.165, 1.54) is 25.7 Å². The number of carbonyl (C=O) groups excluding carboxylic acids is 1. The van der Waals surface area contributed by atoms with Crippen molar-refractivity contribution in [1.29, 1.82) is 0 Å². The van der Waals surface area contributed by atoms with Crippen molar-refractivity contribution in [2.24, 2.45) is 0 Å². The van der Waals surface area contributed by atoms with Gasteiger partial charge in [-0.1, -0.05) is 32.6 Å². The molecule has 1 unspecified atom stereocenters. The van der Waals surface area contributed by atoms with Gasteiger partial charge in [0.15, 0.2) is 0 Å². The Hall–Kier alpha value is -0.570. The second-order valence-corrected chi connectivity index (χ2v) is 4.84. The maximum atomic E-state index is 11.8. The molecule has 1 aliphatic rings. The van der Waals surface area contributed by atoms with Crippen molar-refractivity contribution in [2.45, 2.75) is 57.9 Å². The van der Waals surface area contributed by atoms with Gasteiger partial charge in [-0.05, 0) is 32.9 Å². The van der Waals surface area contributed by atoms with E-state index >= 15 is 0 Å². The normalized spacial score (nSPS) is 21.2. The van der Waals surface area contributed by atoms with E-state index < -0.39 is 0 Å². The van der Waals surface area contributed by atoms with E-state index in [1.807, 2.05) is 7.05 Å². The Morgan fingerprint density at radius 2 is 2.06 bits per heavy atom. The minimum Gasteiger partial charge on any atom is -0.355 e. The van der Waals surface area contributed by atoms with Gasteiger partial charge in [0.2, 0.25) is 5.91 Å². The Balaban J connectivity index is 2.02. The number of nitrogens with zero attached hydrogens (tertiary/aromatic N) is 1. The highest BCUT2D eigenvalue weighted by atomic mass is 16.2. The highest BCUT2D eigenvalue weighted by molar-refractivity contribution is 5.81. The fraction of sp³-hybridized carbons (Fsp3) is 0.923. The van der Waals surface area contributed by atoms with Gasteiger partial charge < -0.3 is 5.32 Å². The molecule has 16 heavy (non-hydrogen) atoms. The Morgan fingerprint density at radius 1 is 1.31 bits per heavy atom.